The van der Waals surface area contributed by atoms with Crippen LogP contribution in [0.3, 0.4) is 0 Å². The zero-order valence-electron chi connectivity index (χ0n) is 8.89. The Morgan fingerprint density at radius 3 is 2.75 bits per heavy atom. The Morgan fingerprint density at radius 1 is 1.56 bits per heavy atom. The van der Waals surface area contributed by atoms with E-state index < -0.39 is 11.4 Å². The van der Waals surface area contributed by atoms with Crippen LogP contribution in [-0.4, -0.2) is 49.5 Å². The van der Waals surface area contributed by atoms with Crippen molar-refractivity contribution in [2.45, 2.75) is 5.34 Å². The molecule has 0 N–H and O–H groups in total. The van der Waals surface area contributed by atoms with Gasteiger partial charge >= 0.3 is 6.08 Å². The molecule has 4 nitrogen and oxygen atoms in total. The third-order valence-electron chi connectivity index (χ3n) is 2.62. The van der Waals surface area contributed by atoms with E-state index in [0.717, 1.165) is 0 Å². The Balaban J connectivity index is 2.34. The van der Waals surface area contributed by atoms with Gasteiger partial charge in [0.25, 0.3) is 0 Å². The first-order chi connectivity index (χ1) is 7.42. The molecule has 0 aromatic carbocycles. The SMILES string of the molecule is [B]C1([B])CN(c2ccnc(F)n2)C(=C)N1C. The number of anilines is 1. The number of hydrogen-bond acceptors (Lipinski definition) is 4. The van der Waals surface area contributed by atoms with E-state index in [4.69, 9.17) is 15.7 Å². The van der Waals surface area contributed by atoms with E-state index in [1.54, 1.807) is 22.9 Å². The van der Waals surface area contributed by atoms with Gasteiger partial charge in [-0.2, -0.15) is 9.37 Å². The molecule has 0 spiro atoms. The second-order valence-electron chi connectivity index (χ2n) is 3.74. The van der Waals surface area contributed by atoms with Gasteiger partial charge < -0.3 is 9.80 Å². The van der Waals surface area contributed by atoms with E-state index in [9.17, 15) is 4.39 Å². The molecule has 1 aromatic heterocycles. The predicted molar refractivity (Wildman–Crippen MR) is 60.5 cm³/mol. The third kappa shape index (κ3) is 1.66. The van der Waals surface area contributed by atoms with Gasteiger partial charge in [0.15, 0.2) is 0 Å². The van der Waals surface area contributed by atoms with Gasteiger partial charge in [0.2, 0.25) is 0 Å². The monoisotopic (exact) mass is 214 g/mol. The van der Waals surface area contributed by atoms with Gasteiger partial charge in [-0.1, -0.05) is 6.58 Å². The van der Waals surface area contributed by atoms with Crippen LogP contribution >= 0.6 is 0 Å². The normalized spacial score (nSPS) is 19.2. The highest BCUT2D eigenvalue weighted by Gasteiger charge is 2.36. The van der Waals surface area contributed by atoms with E-state index >= 15 is 0 Å². The van der Waals surface area contributed by atoms with E-state index in [0.29, 0.717) is 18.2 Å². The summed E-state index contributed by atoms with van der Waals surface area (Å²) in [7, 11) is 13.4. The summed E-state index contributed by atoms with van der Waals surface area (Å²) in [5.74, 6) is 0.963. The molecular formula is C9H9B2FN4. The molecule has 0 saturated carbocycles. The molecule has 2 heterocycles. The van der Waals surface area contributed by atoms with Gasteiger partial charge in [-0.05, 0) is 11.4 Å². The van der Waals surface area contributed by atoms with Gasteiger partial charge in [-0.3, -0.25) is 0 Å². The number of nitrogens with zero attached hydrogens (tertiary/aromatic N) is 4. The van der Waals surface area contributed by atoms with Crippen molar-refractivity contribution >= 4 is 21.5 Å². The minimum Gasteiger partial charge on any atom is -0.371 e. The second-order valence-corrected chi connectivity index (χ2v) is 3.74. The number of rotatable bonds is 1. The predicted octanol–water partition coefficient (Wildman–Crippen LogP) is -0.171. The molecule has 1 fully saturated rings. The molecule has 1 aromatic rings. The van der Waals surface area contributed by atoms with Crippen LogP contribution in [0.25, 0.3) is 0 Å². The summed E-state index contributed by atoms with van der Waals surface area (Å²) in [4.78, 5) is 10.3. The summed E-state index contributed by atoms with van der Waals surface area (Å²) in [5.41, 5.74) is 0. The fraction of sp³-hybridized carbons (Fsp3) is 0.333. The molecular weight excluding hydrogens is 205 g/mol. The maximum Gasteiger partial charge on any atom is 0.310 e. The largest absolute Gasteiger partial charge is 0.371 e. The van der Waals surface area contributed by atoms with Crippen molar-refractivity contribution in [2.75, 3.05) is 18.5 Å². The first-order valence-electron chi connectivity index (χ1n) is 4.68. The van der Waals surface area contributed by atoms with E-state index in [-0.39, 0.29) is 0 Å². The number of hydrogen-bond donors (Lipinski definition) is 0. The number of halogens is 1. The zero-order chi connectivity index (χ0) is 11.9. The molecule has 0 amide bonds. The summed E-state index contributed by atoms with van der Waals surface area (Å²) in [6.45, 7) is 4.12. The quantitative estimate of drug-likeness (QED) is 0.479. The Labute approximate surface area is 96.0 Å². The van der Waals surface area contributed by atoms with E-state index in [1.807, 2.05) is 0 Å². The Hall–Kier alpha value is -1.52. The van der Waals surface area contributed by atoms with Crippen molar-refractivity contribution in [1.82, 2.24) is 14.9 Å². The van der Waals surface area contributed by atoms with Gasteiger partial charge in [0, 0.05) is 19.8 Å². The molecule has 1 saturated heterocycles. The summed E-state index contributed by atoms with van der Waals surface area (Å²) in [5, 5.41) is -1.03. The van der Waals surface area contributed by atoms with Crippen molar-refractivity contribution < 1.29 is 4.39 Å². The molecule has 0 bridgehead atoms. The average Bonchev–Trinajstić information content (AvgIpc) is 2.42. The van der Waals surface area contributed by atoms with Crippen molar-refractivity contribution in [1.29, 1.82) is 0 Å². The lowest BCUT2D eigenvalue weighted by Crippen LogP contribution is -2.44. The highest BCUT2D eigenvalue weighted by molar-refractivity contribution is 6.40. The third-order valence-corrected chi connectivity index (χ3v) is 2.62. The van der Waals surface area contributed by atoms with E-state index in [2.05, 4.69) is 16.5 Å². The highest BCUT2D eigenvalue weighted by atomic mass is 19.1. The Morgan fingerprint density at radius 2 is 2.25 bits per heavy atom. The lowest BCUT2D eigenvalue weighted by atomic mass is 9.61. The topological polar surface area (TPSA) is 32.3 Å². The first-order valence-corrected chi connectivity index (χ1v) is 4.68. The maximum absolute atomic E-state index is 12.9. The van der Waals surface area contributed by atoms with Gasteiger partial charge in [0.05, 0.1) is 15.7 Å². The number of aromatic nitrogens is 2. The fourth-order valence-electron chi connectivity index (χ4n) is 1.56. The molecule has 1 aliphatic heterocycles. The number of likely N-dealkylation sites (N-methyl/N-ethyl adjacent to an activating group) is 1. The second kappa shape index (κ2) is 3.50. The van der Waals surface area contributed by atoms with Crippen molar-refractivity contribution in [2.24, 2.45) is 0 Å². The summed E-state index contributed by atoms with van der Waals surface area (Å²) in [6.07, 6.45) is 0.539. The summed E-state index contributed by atoms with van der Waals surface area (Å²) < 4.78 is 12.9. The molecule has 0 aliphatic carbocycles. The van der Waals surface area contributed by atoms with Crippen LogP contribution in [0.4, 0.5) is 10.2 Å². The van der Waals surface area contributed by atoms with Crippen molar-refractivity contribution in [3.05, 3.63) is 30.7 Å². The molecule has 78 valence electrons. The van der Waals surface area contributed by atoms with Crippen molar-refractivity contribution in [3.63, 3.8) is 0 Å². The van der Waals surface area contributed by atoms with Crippen LogP contribution in [0, 0.1) is 6.08 Å². The van der Waals surface area contributed by atoms with Crippen molar-refractivity contribution in [3.8, 4) is 0 Å². The molecule has 0 unspecified atom stereocenters. The first kappa shape index (κ1) is 11.0. The highest BCUT2D eigenvalue weighted by Crippen LogP contribution is 2.29. The minimum atomic E-state index is -1.03. The Kier molecular flexibility index (Phi) is 2.40. The van der Waals surface area contributed by atoms with Crippen LogP contribution in [0.5, 0.6) is 0 Å². The zero-order valence-corrected chi connectivity index (χ0v) is 8.89. The summed E-state index contributed by atoms with van der Waals surface area (Å²) >= 11 is 0. The van der Waals surface area contributed by atoms with Crippen LogP contribution in [0.2, 0.25) is 0 Å². The van der Waals surface area contributed by atoms with Gasteiger partial charge in [-0.15, -0.1) is 0 Å². The fourth-order valence-corrected chi connectivity index (χ4v) is 1.56. The van der Waals surface area contributed by atoms with Gasteiger partial charge in [-0.25, -0.2) is 4.98 Å². The smallest absolute Gasteiger partial charge is 0.310 e. The summed E-state index contributed by atoms with van der Waals surface area (Å²) in [6, 6.07) is 1.57. The van der Waals surface area contributed by atoms with Crippen LogP contribution < -0.4 is 4.90 Å². The van der Waals surface area contributed by atoms with Crippen LogP contribution in [-0.2, 0) is 0 Å². The molecule has 0 atom stereocenters. The minimum absolute atomic E-state index is 0.290. The molecule has 2 rings (SSSR count). The standard InChI is InChI=1S/C9H9B2FN4/c1-6-15(2)9(10,11)5-16(6)7-3-4-13-8(12)14-7/h3-4H,1,5H2,2H3. The lowest BCUT2D eigenvalue weighted by Gasteiger charge is -2.28. The van der Waals surface area contributed by atoms with E-state index in [1.165, 1.54) is 6.20 Å². The Bertz CT molecular complexity index is 437. The van der Waals surface area contributed by atoms with Crippen LogP contribution in [0.1, 0.15) is 0 Å². The average molecular weight is 214 g/mol. The molecule has 1 aliphatic rings. The maximum atomic E-state index is 12.9. The molecule has 4 radical (unpaired) electrons. The lowest BCUT2D eigenvalue weighted by molar-refractivity contribution is 0.412. The molecule has 7 heteroatoms. The van der Waals surface area contributed by atoms with Crippen LogP contribution in [0.15, 0.2) is 24.7 Å². The molecule has 16 heavy (non-hydrogen) atoms. The van der Waals surface area contributed by atoms with Gasteiger partial charge in [0.1, 0.15) is 11.6 Å².